The van der Waals surface area contributed by atoms with Crippen LogP contribution in [0.5, 0.6) is 0 Å². The number of carbonyl (C=O) groups is 2. The van der Waals surface area contributed by atoms with Gasteiger partial charge in [-0.3, -0.25) is 9.59 Å². The molecule has 20 heavy (non-hydrogen) atoms. The third kappa shape index (κ3) is 3.58. The minimum atomic E-state index is -0.850. The normalized spacial score (nSPS) is 19.6. The van der Waals surface area contributed by atoms with Gasteiger partial charge in [-0.05, 0) is 54.5 Å². The maximum Gasteiger partial charge on any atom is 0.319 e. The molecule has 1 aliphatic heterocycles. The average Bonchev–Trinajstić information content (AvgIpc) is 2.94. The van der Waals surface area contributed by atoms with Gasteiger partial charge in [0.1, 0.15) is 5.92 Å². The van der Waals surface area contributed by atoms with Crippen molar-refractivity contribution in [1.29, 1.82) is 0 Å². The number of benzene rings is 1. The van der Waals surface area contributed by atoms with Crippen LogP contribution in [0.2, 0.25) is 0 Å². The van der Waals surface area contributed by atoms with E-state index < -0.39 is 11.9 Å². The molecule has 1 heterocycles. The second kappa shape index (κ2) is 7.17. The first-order valence-electron chi connectivity index (χ1n) is 6.71. The number of ketones is 1. The number of hydrogen-bond acceptors (Lipinski definition) is 4. The predicted octanol–water partition coefficient (Wildman–Crippen LogP) is 2.83. The van der Waals surface area contributed by atoms with Gasteiger partial charge in [0.25, 0.3) is 0 Å². The van der Waals surface area contributed by atoms with Crippen LogP contribution in [0.1, 0.15) is 30.1 Å². The lowest BCUT2D eigenvalue weighted by Crippen LogP contribution is -2.36. The summed E-state index contributed by atoms with van der Waals surface area (Å²) in [6.07, 6.45) is 1.24. The monoisotopic (exact) mass is 388 g/mol. The molecule has 4 nitrogen and oxygen atoms in total. The first-order chi connectivity index (χ1) is 9.63. The third-order valence-corrected chi connectivity index (χ3v) is 4.01. The zero-order valence-corrected chi connectivity index (χ0v) is 13.5. The molecule has 0 aliphatic carbocycles. The van der Waals surface area contributed by atoms with Crippen LogP contribution in [-0.4, -0.2) is 31.1 Å². The quantitative estimate of drug-likeness (QED) is 0.337. The zero-order valence-electron chi connectivity index (χ0n) is 11.3. The van der Waals surface area contributed by atoms with Crippen molar-refractivity contribution < 1.29 is 19.1 Å². The van der Waals surface area contributed by atoms with Crippen LogP contribution in [-0.2, 0) is 14.3 Å². The van der Waals surface area contributed by atoms with E-state index in [9.17, 15) is 9.59 Å². The summed E-state index contributed by atoms with van der Waals surface area (Å²) in [5.74, 6) is -1.55. The van der Waals surface area contributed by atoms with E-state index in [0.29, 0.717) is 12.2 Å². The molecule has 1 aliphatic rings. The molecule has 0 aromatic heterocycles. The minimum absolute atomic E-state index is 0.216. The molecular weight excluding hydrogens is 371 g/mol. The van der Waals surface area contributed by atoms with Gasteiger partial charge in [0.15, 0.2) is 5.78 Å². The highest BCUT2D eigenvalue weighted by atomic mass is 127. The van der Waals surface area contributed by atoms with E-state index in [0.717, 1.165) is 16.4 Å². The molecule has 1 saturated heterocycles. The van der Waals surface area contributed by atoms with Gasteiger partial charge in [-0.1, -0.05) is 12.1 Å². The van der Waals surface area contributed by atoms with Crippen molar-refractivity contribution in [1.82, 2.24) is 0 Å². The first kappa shape index (κ1) is 15.4. The standard InChI is InChI=1S/C15H17IO4/c1-2-19-15(18)13(12-4-3-9-20-12)14(17)10-5-7-11(16)8-6-10/h5-8,12-13H,2-4,9H2,1H3. The maximum atomic E-state index is 12.6. The summed E-state index contributed by atoms with van der Waals surface area (Å²) in [6.45, 7) is 2.60. The fourth-order valence-corrected chi connectivity index (χ4v) is 2.68. The third-order valence-electron chi connectivity index (χ3n) is 3.29. The van der Waals surface area contributed by atoms with Crippen molar-refractivity contribution in [3.8, 4) is 0 Å². The van der Waals surface area contributed by atoms with E-state index >= 15 is 0 Å². The highest BCUT2D eigenvalue weighted by Gasteiger charge is 2.38. The van der Waals surface area contributed by atoms with Crippen LogP contribution >= 0.6 is 22.6 Å². The fraction of sp³-hybridized carbons (Fsp3) is 0.467. The van der Waals surface area contributed by atoms with E-state index in [4.69, 9.17) is 9.47 Å². The SMILES string of the molecule is CCOC(=O)C(C(=O)c1ccc(I)cc1)C1CCCO1. The Kier molecular flexibility index (Phi) is 5.54. The van der Waals surface area contributed by atoms with Crippen LogP contribution in [0.25, 0.3) is 0 Å². The molecule has 0 saturated carbocycles. The molecule has 2 unspecified atom stereocenters. The fourth-order valence-electron chi connectivity index (χ4n) is 2.32. The largest absolute Gasteiger partial charge is 0.465 e. The van der Waals surface area contributed by atoms with Crippen LogP contribution in [0.3, 0.4) is 0 Å². The van der Waals surface area contributed by atoms with Crippen LogP contribution < -0.4 is 0 Å². The molecule has 1 aromatic carbocycles. The molecule has 108 valence electrons. The summed E-state index contributed by atoms with van der Waals surface area (Å²) in [5.41, 5.74) is 0.527. The van der Waals surface area contributed by atoms with Gasteiger partial charge in [0.05, 0.1) is 12.7 Å². The topological polar surface area (TPSA) is 52.6 Å². The Hall–Kier alpha value is -0.950. The van der Waals surface area contributed by atoms with E-state index in [1.54, 1.807) is 19.1 Å². The minimum Gasteiger partial charge on any atom is -0.465 e. The summed E-state index contributed by atoms with van der Waals surface area (Å²) in [6, 6.07) is 7.19. The number of halogens is 1. The Labute approximate surface area is 132 Å². The number of rotatable bonds is 5. The van der Waals surface area contributed by atoms with Crippen molar-refractivity contribution in [3.05, 3.63) is 33.4 Å². The first-order valence-corrected chi connectivity index (χ1v) is 7.79. The highest BCUT2D eigenvalue weighted by molar-refractivity contribution is 14.1. The van der Waals surface area contributed by atoms with Crippen molar-refractivity contribution in [2.75, 3.05) is 13.2 Å². The lowest BCUT2D eigenvalue weighted by molar-refractivity contribution is -0.149. The summed E-state index contributed by atoms with van der Waals surface area (Å²) in [5, 5.41) is 0. The van der Waals surface area contributed by atoms with E-state index in [1.165, 1.54) is 0 Å². The van der Waals surface area contributed by atoms with E-state index in [-0.39, 0.29) is 18.5 Å². The smallest absolute Gasteiger partial charge is 0.319 e. The maximum absolute atomic E-state index is 12.6. The molecule has 0 spiro atoms. The van der Waals surface area contributed by atoms with Crippen molar-refractivity contribution in [2.24, 2.45) is 5.92 Å². The summed E-state index contributed by atoms with van der Waals surface area (Å²) < 4.78 is 11.6. The number of carbonyl (C=O) groups excluding carboxylic acids is 2. The Morgan fingerprint density at radius 1 is 1.40 bits per heavy atom. The number of hydrogen-bond donors (Lipinski definition) is 0. The number of ether oxygens (including phenoxy) is 2. The van der Waals surface area contributed by atoms with Gasteiger partial charge in [0.2, 0.25) is 0 Å². The van der Waals surface area contributed by atoms with Gasteiger partial charge in [0, 0.05) is 15.7 Å². The second-order valence-electron chi connectivity index (χ2n) is 4.65. The number of esters is 1. The second-order valence-corrected chi connectivity index (χ2v) is 5.90. The summed E-state index contributed by atoms with van der Waals surface area (Å²) >= 11 is 2.17. The van der Waals surface area contributed by atoms with Crippen LogP contribution in [0.15, 0.2) is 24.3 Å². The Morgan fingerprint density at radius 3 is 2.65 bits per heavy atom. The average molecular weight is 388 g/mol. The zero-order chi connectivity index (χ0) is 14.5. The van der Waals surface area contributed by atoms with Crippen LogP contribution in [0.4, 0.5) is 0 Å². The van der Waals surface area contributed by atoms with Gasteiger partial charge < -0.3 is 9.47 Å². The predicted molar refractivity (Wildman–Crippen MR) is 82.6 cm³/mol. The molecule has 5 heteroatoms. The summed E-state index contributed by atoms with van der Waals surface area (Å²) in [7, 11) is 0. The van der Waals surface area contributed by atoms with Gasteiger partial charge in [-0.15, -0.1) is 0 Å². The lowest BCUT2D eigenvalue weighted by atomic mass is 9.91. The Morgan fingerprint density at radius 2 is 2.10 bits per heavy atom. The molecule has 0 amide bonds. The van der Waals surface area contributed by atoms with Crippen molar-refractivity contribution >= 4 is 34.3 Å². The summed E-state index contributed by atoms with van der Waals surface area (Å²) in [4.78, 5) is 24.7. The molecule has 2 atom stereocenters. The molecule has 0 radical (unpaired) electrons. The Bertz CT molecular complexity index is 477. The molecule has 1 fully saturated rings. The molecule has 2 rings (SSSR count). The lowest BCUT2D eigenvalue weighted by Gasteiger charge is -2.20. The molecular formula is C15H17IO4. The van der Waals surface area contributed by atoms with Gasteiger partial charge in [-0.2, -0.15) is 0 Å². The van der Waals surface area contributed by atoms with Crippen LogP contribution in [0, 0.1) is 9.49 Å². The molecule has 0 bridgehead atoms. The van der Waals surface area contributed by atoms with Crippen molar-refractivity contribution in [2.45, 2.75) is 25.9 Å². The van der Waals surface area contributed by atoms with Gasteiger partial charge >= 0.3 is 5.97 Å². The van der Waals surface area contributed by atoms with Gasteiger partial charge in [-0.25, -0.2) is 0 Å². The molecule has 0 N–H and O–H groups in total. The number of Topliss-reactive ketones (excluding diaryl/α,β-unsaturated/α-hetero) is 1. The highest BCUT2D eigenvalue weighted by Crippen LogP contribution is 2.25. The van der Waals surface area contributed by atoms with E-state index in [2.05, 4.69) is 22.6 Å². The van der Waals surface area contributed by atoms with Crippen molar-refractivity contribution in [3.63, 3.8) is 0 Å². The Balaban J connectivity index is 2.22. The molecule has 1 aromatic rings. The van der Waals surface area contributed by atoms with E-state index in [1.807, 2.05) is 12.1 Å².